The van der Waals surface area contributed by atoms with Crippen LogP contribution in [0.5, 0.6) is 0 Å². The van der Waals surface area contributed by atoms with Gasteiger partial charge in [0.2, 0.25) is 5.91 Å². The Morgan fingerprint density at radius 3 is 2.14 bits per heavy atom. The standard InChI is InChI=1S/C23H30F6N4O4/c1-20(2,3)15(32-19(37)23(27,28)29)18(36)33-9-11-13(21(11,4)5)14(33)17(35)31-12(22(24,25)26)8-10-6-7-30-16(10)34/h10-13,15H,6-9H2,1-5H3,(H2-,30,31,32,34,35,37)/p+1/t10-,11-,12-,13-,15+/m0/s1. The number of carbonyl (C=O) groups excluding carboxylic acids is 4. The third kappa shape index (κ3) is 5.77. The van der Waals surface area contributed by atoms with Crippen molar-refractivity contribution >= 4 is 29.3 Å². The van der Waals surface area contributed by atoms with Gasteiger partial charge >= 0.3 is 30.1 Å². The molecule has 0 aromatic carbocycles. The second-order valence-corrected chi connectivity index (χ2v) is 11.6. The third-order valence-corrected chi connectivity index (χ3v) is 7.54. The SMILES string of the molecule is CC(C)(C)[C@H](NC(=O)C(F)(F)F)C(=O)[N+]1=C(C(=O)N[C@@H](C[C@@H]2CCNC2=O)C(F)(F)F)[C@@H]2[C@H](C1)C2(C)C. The van der Waals surface area contributed by atoms with E-state index in [1.807, 2.05) is 5.32 Å². The molecule has 0 unspecified atom stereocenters. The molecule has 1 saturated heterocycles. The minimum Gasteiger partial charge on any atom is -0.356 e. The van der Waals surface area contributed by atoms with Gasteiger partial charge in [0.05, 0.1) is 5.92 Å². The predicted molar refractivity (Wildman–Crippen MR) is 117 cm³/mol. The van der Waals surface area contributed by atoms with E-state index in [2.05, 4.69) is 5.32 Å². The fraction of sp³-hybridized carbons (Fsp3) is 0.783. The number of nitrogens with zero attached hydrogens (tertiary/aromatic N) is 1. The van der Waals surface area contributed by atoms with Crippen LogP contribution in [0.1, 0.15) is 47.5 Å². The lowest BCUT2D eigenvalue weighted by atomic mass is 9.85. The van der Waals surface area contributed by atoms with Crippen LogP contribution < -0.4 is 16.0 Å². The Labute approximate surface area is 209 Å². The van der Waals surface area contributed by atoms with Crippen molar-refractivity contribution in [2.45, 2.75) is 71.9 Å². The van der Waals surface area contributed by atoms with Crippen LogP contribution in [0.3, 0.4) is 0 Å². The van der Waals surface area contributed by atoms with Crippen molar-refractivity contribution in [2.75, 3.05) is 13.1 Å². The summed E-state index contributed by atoms with van der Waals surface area (Å²) in [6, 6.07) is -4.08. The van der Waals surface area contributed by atoms with Crippen molar-refractivity contribution in [3.63, 3.8) is 0 Å². The summed E-state index contributed by atoms with van der Waals surface area (Å²) in [7, 11) is 0. The van der Waals surface area contributed by atoms with Gasteiger partial charge in [0, 0.05) is 18.4 Å². The van der Waals surface area contributed by atoms with Crippen LogP contribution in [-0.2, 0) is 19.2 Å². The number of alkyl halides is 6. The van der Waals surface area contributed by atoms with Crippen LogP contribution >= 0.6 is 0 Å². The van der Waals surface area contributed by atoms with Crippen molar-refractivity contribution in [2.24, 2.45) is 28.6 Å². The largest absolute Gasteiger partial charge is 0.471 e. The van der Waals surface area contributed by atoms with E-state index in [-0.39, 0.29) is 31.1 Å². The van der Waals surface area contributed by atoms with E-state index in [4.69, 9.17) is 0 Å². The Kier molecular flexibility index (Phi) is 7.23. The molecule has 14 heteroatoms. The number of nitrogens with one attached hydrogen (secondary N) is 3. The molecule has 37 heavy (non-hydrogen) atoms. The molecule has 0 spiro atoms. The highest BCUT2D eigenvalue weighted by molar-refractivity contribution is 6.39. The average Bonchev–Trinajstić information content (AvgIpc) is 3.08. The van der Waals surface area contributed by atoms with E-state index in [1.54, 1.807) is 19.2 Å². The first-order valence-corrected chi connectivity index (χ1v) is 11.9. The molecule has 4 amide bonds. The zero-order chi connectivity index (χ0) is 28.3. The fourth-order valence-electron chi connectivity index (χ4n) is 5.24. The second kappa shape index (κ2) is 9.26. The molecule has 3 N–H and O–H groups in total. The molecule has 0 aromatic heterocycles. The minimum absolute atomic E-state index is 0.0879. The lowest BCUT2D eigenvalue weighted by Crippen LogP contribution is -2.57. The first kappa shape index (κ1) is 28.9. The molecule has 2 aliphatic heterocycles. The topological polar surface area (TPSA) is 107 Å². The second-order valence-electron chi connectivity index (χ2n) is 11.6. The smallest absolute Gasteiger partial charge is 0.356 e. The first-order chi connectivity index (χ1) is 16.7. The Bertz CT molecular complexity index is 1030. The Morgan fingerprint density at radius 2 is 1.68 bits per heavy atom. The molecule has 1 aliphatic carbocycles. The Hall–Kier alpha value is -2.67. The van der Waals surface area contributed by atoms with E-state index in [0.29, 0.717) is 0 Å². The van der Waals surface area contributed by atoms with Gasteiger partial charge in [0.1, 0.15) is 6.04 Å². The fourth-order valence-corrected chi connectivity index (χ4v) is 5.24. The van der Waals surface area contributed by atoms with Crippen LogP contribution in [0.15, 0.2) is 0 Å². The summed E-state index contributed by atoms with van der Waals surface area (Å²) in [4.78, 5) is 50.1. The molecule has 5 atom stereocenters. The molecular formula is C23H31F6N4O4+. The highest BCUT2D eigenvalue weighted by Gasteiger charge is 2.72. The molecule has 3 rings (SSSR count). The molecule has 2 fully saturated rings. The molecule has 1 saturated carbocycles. The van der Waals surface area contributed by atoms with Crippen LogP contribution in [0.4, 0.5) is 26.3 Å². The summed E-state index contributed by atoms with van der Waals surface area (Å²) in [5.74, 6) is -6.93. The monoisotopic (exact) mass is 541 g/mol. The molecule has 2 heterocycles. The highest BCUT2D eigenvalue weighted by atomic mass is 19.4. The number of rotatable bonds is 6. The Balaban J connectivity index is 1.94. The normalized spacial score (nSPS) is 26.8. The Morgan fingerprint density at radius 1 is 1.08 bits per heavy atom. The summed E-state index contributed by atoms with van der Waals surface area (Å²) in [5.41, 5.74) is -2.01. The number of hydrogen-bond acceptors (Lipinski definition) is 4. The van der Waals surface area contributed by atoms with E-state index in [0.717, 1.165) is 4.58 Å². The van der Waals surface area contributed by atoms with Crippen LogP contribution in [-0.4, -0.2) is 71.4 Å². The van der Waals surface area contributed by atoms with Gasteiger partial charge in [0.15, 0.2) is 12.6 Å². The summed E-state index contributed by atoms with van der Waals surface area (Å²) < 4.78 is 81.1. The maximum absolute atomic E-state index is 13.8. The first-order valence-electron chi connectivity index (χ1n) is 11.9. The maximum Gasteiger partial charge on any atom is 0.471 e. The summed E-state index contributed by atoms with van der Waals surface area (Å²) >= 11 is 0. The molecule has 0 aromatic rings. The van der Waals surface area contributed by atoms with Crippen molar-refractivity contribution < 1.29 is 50.1 Å². The predicted octanol–water partition coefficient (Wildman–Crippen LogP) is 1.92. The third-order valence-electron chi connectivity index (χ3n) is 7.54. The van der Waals surface area contributed by atoms with Crippen molar-refractivity contribution in [1.29, 1.82) is 0 Å². The lowest BCUT2D eigenvalue weighted by molar-refractivity contribution is -0.451. The minimum atomic E-state index is -5.27. The van der Waals surface area contributed by atoms with E-state index in [1.165, 1.54) is 20.8 Å². The number of carbonyl (C=O) groups is 4. The van der Waals surface area contributed by atoms with Gasteiger partial charge in [0.25, 0.3) is 5.71 Å². The van der Waals surface area contributed by atoms with Gasteiger partial charge in [-0.05, 0) is 23.7 Å². The van der Waals surface area contributed by atoms with Crippen molar-refractivity contribution in [1.82, 2.24) is 16.0 Å². The van der Waals surface area contributed by atoms with Crippen molar-refractivity contribution in [3.8, 4) is 0 Å². The lowest BCUT2D eigenvalue weighted by Gasteiger charge is -2.28. The van der Waals surface area contributed by atoms with Crippen molar-refractivity contribution in [3.05, 3.63) is 0 Å². The number of halogens is 6. The number of amides is 4. The van der Waals surface area contributed by atoms with E-state index < -0.39 is 77.2 Å². The van der Waals surface area contributed by atoms with Gasteiger partial charge in [-0.15, -0.1) is 0 Å². The van der Waals surface area contributed by atoms with Crippen LogP contribution in [0, 0.1) is 28.6 Å². The molecule has 0 bridgehead atoms. The quantitative estimate of drug-likeness (QED) is 0.353. The van der Waals surface area contributed by atoms with Gasteiger partial charge < -0.3 is 16.0 Å². The summed E-state index contributed by atoms with van der Waals surface area (Å²) in [5, 5.41) is 6.05. The van der Waals surface area contributed by atoms with E-state index >= 15 is 0 Å². The zero-order valence-electron chi connectivity index (χ0n) is 21.1. The zero-order valence-corrected chi connectivity index (χ0v) is 21.1. The highest BCUT2D eigenvalue weighted by Crippen LogP contribution is 2.61. The molecule has 0 radical (unpaired) electrons. The summed E-state index contributed by atoms with van der Waals surface area (Å²) in [6.45, 7) is 7.92. The van der Waals surface area contributed by atoms with Gasteiger partial charge in [-0.1, -0.05) is 34.6 Å². The van der Waals surface area contributed by atoms with Gasteiger partial charge in [-0.25, -0.2) is 4.79 Å². The maximum atomic E-state index is 13.8. The van der Waals surface area contributed by atoms with Gasteiger partial charge in [-0.3, -0.25) is 14.4 Å². The van der Waals surface area contributed by atoms with Crippen LogP contribution in [0.25, 0.3) is 0 Å². The summed E-state index contributed by atoms with van der Waals surface area (Å²) in [6.07, 6.45) is -10.7. The molecular weight excluding hydrogens is 510 g/mol. The molecule has 208 valence electrons. The van der Waals surface area contributed by atoms with Gasteiger partial charge in [-0.2, -0.15) is 30.9 Å². The van der Waals surface area contributed by atoms with Crippen LogP contribution in [0.2, 0.25) is 0 Å². The average molecular weight is 542 g/mol. The number of fused-ring (bicyclic) bond motifs is 1. The van der Waals surface area contributed by atoms with E-state index in [9.17, 15) is 45.5 Å². The number of hydrogen-bond donors (Lipinski definition) is 3. The molecule has 8 nitrogen and oxygen atoms in total. The molecule has 3 aliphatic rings.